The highest BCUT2D eigenvalue weighted by molar-refractivity contribution is 6.31. The number of hydrogen-bond acceptors (Lipinski definition) is 5. The van der Waals surface area contributed by atoms with Crippen LogP contribution in [0.25, 0.3) is 0 Å². The van der Waals surface area contributed by atoms with Crippen LogP contribution in [0, 0.1) is 11.7 Å². The van der Waals surface area contributed by atoms with Crippen molar-refractivity contribution in [2.75, 3.05) is 43.1 Å². The molecule has 3 fully saturated rings. The minimum absolute atomic E-state index is 0.0114. The van der Waals surface area contributed by atoms with Gasteiger partial charge in [-0.1, -0.05) is 11.6 Å². The van der Waals surface area contributed by atoms with Gasteiger partial charge in [-0.2, -0.15) is 13.2 Å². The lowest BCUT2D eigenvalue weighted by Crippen LogP contribution is -2.60. The van der Waals surface area contributed by atoms with Crippen molar-refractivity contribution in [1.82, 2.24) is 4.90 Å². The predicted molar refractivity (Wildman–Crippen MR) is 146 cm³/mol. The Kier molecular flexibility index (Phi) is 7.99. The highest BCUT2D eigenvalue weighted by atomic mass is 35.5. The third-order valence-electron chi connectivity index (χ3n) is 8.57. The molecule has 222 valence electrons. The largest absolute Gasteiger partial charge is 0.478 e. The second-order valence-corrected chi connectivity index (χ2v) is 11.7. The molecular formula is C29H32ClF4N3O4. The summed E-state index contributed by atoms with van der Waals surface area (Å²) in [6.45, 7) is 4.28. The number of amides is 1. The van der Waals surface area contributed by atoms with E-state index in [1.165, 1.54) is 30.1 Å². The minimum Gasteiger partial charge on any atom is -0.478 e. The van der Waals surface area contributed by atoms with Crippen molar-refractivity contribution in [3.63, 3.8) is 0 Å². The predicted octanol–water partition coefficient (Wildman–Crippen LogP) is 5.70. The molecule has 0 unspecified atom stereocenters. The normalized spacial score (nSPS) is 25.7. The standard InChI is InChI=1S/C29H32ClF4N3O4/c1-17-15-36(9-10-37(17)21-5-6-25(31)24(14-21)26(38)39)22-7-8-28(41-16-22,18-3-4-18)27(40)35(2)23-12-19(29(32,33)34)11-20(30)13-23/h5-6,11-14,17-18,22H,3-4,7-10,15-16H2,1-2H3,(H,38,39)/t17-,22+,28-/m0/s1. The molecule has 2 saturated heterocycles. The number of carboxylic acids is 1. The van der Waals surface area contributed by atoms with E-state index in [4.69, 9.17) is 16.3 Å². The van der Waals surface area contributed by atoms with Crippen LogP contribution in [0.1, 0.15) is 48.5 Å². The summed E-state index contributed by atoms with van der Waals surface area (Å²) in [5, 5.41) is 9.18. The first kappa shape index (κ1) is 29.6. The molecule has 12 heteroatoms. The number of hydrogen-bond donors (Lipinski definition) is 1. The molecule has 0 radical (unpaired) electrons. The minimum atomic E-state index is -4.59. The number of aromatic carboxylic acids is 1. The zero-order valence-electron chi connectivity index (χ0n) is 22.8. The fourth-order valence-corrected chi connectivity index (χ4v) is 6.40. The van der Waals surface area contributed by atoms with Gasteiger partial charge in [-0.15, -0.1) is 0 Å². The van der Waals surface area contributed by atoms with Gasteiger partial charge < -0.3 is 19.6 Å². The molecule has 5 rings (SSSR count). The number of alkyl halides is 3. The van der Waals surface area contributed by atoms with Gasteiger partial charge >= 0.3 is 12.1 Å². The van der Waals surface area contributed by atoms with Crippen LogP contribution in [0.15, 0.2) is 36.4 Å². The fraction of sp³-hybridized carbons (Fsp3) is 0.517. The van der Waals surface area contributed by atoms with Crippen molar-refractivity contribution in [1.29, 1.82) is 0 Å². The molecule has 2 aromatic rings. The summed E-state index contributed by atoms with van der Waals surface area (Å²) in [6.07, 6.45) is -1.82. The molecule has 3 aliphatic rings. The van der Waals surface area contributed by atoms with Gasteiger partial charge in [-0.05, 0) is 74.9 Å². The second-order valence-electron chi connectivity index (χ2n) is 11.2. The lowest BCUT2D eigenvalue weighted by Gasteiger charge is -2.48. The number of rotatable bonds is 6. The van der Waals surface area contributed by atoms with Crippen molar-refractivity contribution in [3.8, 4) is 0 Å². The number of ether oxygens (including phenoxy) is 1. The topological polar surface area (TPSA) is 73.3 Å². The van der Waals surface area contributed by atoms with Crippen LogP contribution in [0.3, 0.4) is 0 Å². The lowest BCUT2D eigenvalue weighted by molar-refractivity contribution is -0.162. The molecular weight excluding hydrogens is 566 g/mol. The number of anilines is 2. The van der Waals surface area contributed by atoms with Gasteiger partial charge in [0.05, 0.1) is 17.7 Å². The molecule has 1 aliphatic carbocycles. The Labute approximate surface area is 240 Å². The van der Waals surface area contributed by atoms with Crippen molar-refractivity contribution >= 4 is 34.9 Å². The first-order valence-corrected chi connectivity index (χ1v) is 14.0. The summed E-state index contributed by atoms with van der Waals surface area (Å²) in [7, 11) is 1.46. The van der Waals surface area contributed by atoms with E-state index in [0.29, 0.717) is 44.8 Å². The molecule has 2 aromatic carbocycles. The molecule has 7 nitrogen and oxygen atoms in total. The Hall–Kier alpha value is -2.89. The van der Waals surface area contributed by atoms with E-state index in [1.807, 2.05) is 6.92 Å². The van der Waals surface area contributed by atoms with Crippen LogP contribution < -0.4 is 9.80 Å². The Balaban J connectivity index is 1.26. The molecule has 0 aromatic heterocycles. The summed E-state index contributed by atoms with van der Waals surface area (Å²) in [6, 6.07) is 7.30. The first-order valence-electron chi connectivity index (χ1n) is 13.6. The first-order chi connectivity index (χ1) is 19.3. The molecule has 41 heavy (non-hydrogen) atoms. The number of nitrogens with zero attached hydrogens (tertiary/aromatic N) is 3. The maximum absolute atomic E-state index is 13.9. The average Bonchev–Trinajstić information content (AvgIpc) is 3.78. The number of carbonyl (C=O) groups excluding carboxylic acids is 1. The van der Waals surface area contributed by atoms with Crippen molar-refractivity contribution < 1.29 is 37.0 Å². The van der Waals surface area contributed by atoms with E-state index in [2.05, 4.69) is 9.80 Å². The molecule has 3 atom stereocenters. The summed E-state index contributed by atoms with van der Waals surface area (Å²) in [5.74, 6) is -2.44. The summed E-state index contributed by atoms with van der Waals surface area (Å²) >= 11 is 5.97. The van der Waals surface area contributed by atoms with Crippen LogP contribution in [0.5, 0.6) is 0 Å². The van der Waals surface area contributed by atoms with E-state index < -0.39 is 29.1 Å². The van der Waals surface area contributed by atoms with Crippen molar-refractivity contribution in [2.24, 2.45) is 5.92 Å². The summed E-state index contributed by atoms with van der Waals surface area (Å²) < 4.78 is 60.4. The molecule has 0 bridgehead atoms. The van der Waals surface area contributed by atoms with Crippen LogP contribution in [-0.4, -0.2) is 72.9 Å². The summed E-state index contributed by atoms with van der Waals surface area (Å²) in [5.41, 5.74) is -1.67. The zero-order chi connectivity index (χ0) is 29.7. The Morgan fingerprint density at radius 1 is 1.12 bits per heavy atom. The molecule has 1 N–H and O–H groups in total. The van der Waals surface area contributed by atoms with Gasteiger partial charge in [0.2, 0.25) is 0 Å². The fourth-order valence-electron chi connectivity index (χ4n) is 6.17. The molecule has 2 aliphatic heterocycles. The van der Waals surface area contributed by atoms with Gasteiger partial charge in [0.25, 0.3) is 5.91 Å². The maximum atomic E-state index is 13.9. The highest BCUT2D eigenvalue weighted by Gasteiger charge is 2.55. The van der Waals surface area contributed by atoms with Crippen molar-refractivity contribution in [2.45, 2.75) is 56.5 Å². The number of carboxylic acid groups (broad SMARTS) is 1. The number of piperazine rings is 1. The zero-order valence-corrected chi connectivity index (χ0v) is 23.5. The number of likely N-dealkylation sites (N-methyl/N-ethyl adjacent to an activating group) is 1. The molecule has 0 spiro atoms. The SMILES string of the molecule is C[C@H]1CN([C@@H]2CC[C@@](C(=O)N(C)c3cc(Cl)cc(C(F)(F)F)c3)(C3CC3)OC2)CCN1c1ccc(F)c(C(=O)O)c1. The third kappa shape index (κ3) is 5.89. The number of benzene rings is 2. The van der Waals surface area contributed by atoms with Crippen molar-refractivity contribution in [3.05, 3.63) is 58.4 Å². The van der Waals surface area contributed by atoms with E-state index >= 15 is 0 Å². The Morgan fingerprint density at radius 2 is 1.85 bits per heavy atom. The maximum Gasteiger partial charge on any atom is 0.416 e. The van der Waals surface area contributed by atoms with E-state index in [9.17, 15) is 32.3 Å². The molecule has 2 heterocycles. The second kappa shape index (κ2) is 11.1. The summed E-state index contributed by atoms with van der Waals surface area (Å²) in [4.78, 5) is 30.8. The van der Waals surface area contributed by atoms with Gasteiger partial charge in [0, 0.05) is 55.2 Å². The van der Waals surface area contributed by atoms with Crippen LogP contribution in [0.4, 0.5) is 28.9 Å². The van der Waals surface area contributed by atoms with E-state index in [-0.39, 0.29) is 40.2 Å². The van der Waals surface area contributed by atoms with Crippen LogP contribution in [-0.2, 0) is 15.7 Å². The number of halogens is 5. The lowest BCUT2D eigenvalue weighted by atomic mass is 9.85. The highest BCUT2D eigenvalue weighted by Crippen LogP contribution is 2.48. The molecule has 1 saturated carbocycles. The Morgan fingerprint density at radius 3 is 2.44 bits per heavy atom. The quantitative estimate of drug-likeness (QED) is 0.431. The van der Waals surface area contributed by atoms with Gasteiger partial charge in [-0.25, -0.2) is 9.18 Å². The van der Waals surface area contributed by atoms with E-state index in [0.717, 1.165) is 25.0 Å². The molecule has 1 amide bonds. The van der Waals surface area contributed by atoms with Crippen LogP contribution >= 0.6 is 11.6 Å². The Bertz CT molecular complexity index is 1330. The average molecular weight is 598 g/mol. The van der Waals surface area contributed by atoms with Gasteiger partial charge in [-0.3, -0.25) is 9.69 Å². The van der Waals surface area contributed by atoms with Gasteiger partial charge in [0.15, 0.2) is 0 Å². The third-order valence-corrected chi connectivity index (χ3v) is 8.79. The number of carbonyl (C=O) groups is 2. The monoisotopic (exact) mass is 597 g/mol. The van der Waals surface area contributed by atoms with Gasteiger partial charge in [0.1, 0.15) is 11.4 Å². The van der Waals surface area contributed by atoms with E-state index in [1.54, 1.807) is 6.07 Å². The smallest absolute Gasteiger partial charge is 0.416 e. The van der Waals surface area contributed by atoms with Crippen LogP contribution in [0.2, 0.25) is 5.02 Å².